The average molecular weight is 375 g/mol. The van der Waals surface area contributed by atoms with Crippen molar-refractivity contribution in [1.29, 1.82) is 0 Å². The molecule has 0 saturated carbocycles. The minimum atomic E-state index is -0.852. The molecular weight excluding hydrogens is 358 g/mol. The fraction of sp³-hybridized carbons (Fsp3) is 0.190. The van der Waals surface area contributed by atoms with Crippen LogP contribution in [-0.2, 0) is 22.4 Å². The molecule has 3 aromatic rings. The third-order valence-corrected chi connectivity index (χ3v) is 5.99. The Morgan fingerprint density at radius 2 is 1.93 bits per heavy atom. The molecule has 5 rings (SSSR count). The average Bonchev–Trinajstić information content (AvgIpc) is 3.14. The Bertz CT molecular complexity index is 1090. The Hall–Kier alpha value is -2.99. The van der Waals surface area contributed by atoms with Crippen LogP contribution < -0.4 is 10.2 Å². The molecular formula is C21H17N3O2S. The predicted octanol–water partition coefficient (Wildman–Crippen LogP) is 3.95. The number of aromatic nitrogens is 1. The lowest BCUT2D eigenvalue weighted by atomic mass is 9.95. The van der Waals surface area contributed by atoms with Crippen LogP contribution in [0.1, 0.15) is 27.5 Å². The van der Waals surface area contributed by atoms with Crippen molar-refractivity contribution < 1.29 is 9.59 Å². The molecule has 2 amide bonds. The number of fused-ring (bicyclic) bond motifs is 2. The molecule has 1 atom stereocenters. The minimum absolute atomic E-state index is 0.197. The van der Waals surface area contributed by atoms with Gasteiger partial charge >= 0.3 is 0 Å². The van der Waals surface area contributed by atoms with Crippen molar-refractivity contribution >= 4 is 39.7 Å². The highest BCUT2D eigenvalue weighted by molar-refractivity contribution is 7.15. The summed E-state index contributed by atoms with van der Waals surface area (Å²) < 4.78 is 0. The summed E-state index contributed by atoms with van der Waals surface area (Å²) >= 11 is 1.40. The number of hydrogen-bond acceptors (Lipinski definition) is 4. The smallest absolute Gasteiger partial charge is 0.248 e. The Labute approximate surface area is 160 Å². The van der Waals surface area contributed by atoms with E-state index in [1.54, 1.807) is 11.1 Å². The summed E-state index contributed by atoms with van der Waals surface area (Å²) in [6.07, 6.45) is 3.44. The molecule has 2 aliphatic rings. The summed E-state index contributed by atoms with van der Waals surface area (Å²) in [5.41, 5.74) is 4.78. The van der Waals surface area contributed by atoms with Gasteiger partial charge in [-0.05, 0) is 42.5 Å². The highest BCUT2D eigenvalue weighted by Gasteiger charge is 2.45. The molecule has 5 nitrogen and oxygen atoms in total. The van der Waals surface area contributed by atoms with Gasteiger partial charge < -0.3 is 5.32 Å². The molecule has 0 saturated heterocycles. The van der Waals surface area contributed by atoms with Gasteiger partial charge in [0.05, 0.1) is 11.4 Å². The van der Waals surface area contributed by atoms with E-state index < -0.39 is 5.92 Å². The first-order valence-electron chi connectivity index (χ1n) is 8.90. The van der Waals surface area contributed by atoms with Crippen LogP contribution in [0, 0.1) is 6.92 Å². The minimum Gasteiger partial charge on any atom is -0.301 e. The summed E-state index contributed by atoms with van der Waals surface area (Å²) in [4.78, 5) is 33.3. The largest absolute Gasteiger partial charge is 0.301 e. The lowest BCUT2D eigenvalue weighted by molar-refractivity contribution is -0.126. The zero-order valence-corrected chi connectivity index (χ0v) is 15.5. The van der Waals surface area contributed by atoms with E-state index in [0.29, 0.717) is 5.13 Å². The van der Waals surface area contributed by atoms with Crippen LogP contribution in [0.3, 0.4) is 0 Å². The lowest BCUT2D eigenvalue weighted by Crippen LogP contribution is -2.31. The summed E-state index contributed by atoms with van der Waals surface area (Å²) in [7, 11) is 0. The molecule has 27 heavy (non-hydrogen) atoms. The molecule has 2 aliphatic heterocycles. The van der Waals surface area contributed by atoms with Crippen LogP contribution in [-0.4, -0.2) is 16.8 Å². The van der Waals surface area contributed by atoms with Crippen molar-refractivity contribution in [1.82, 2.24) is 4.98 Å². The molecule has 1 unspecified atom stereocenters. The molecule has 0 aliphatic carbocycles. The third kappa shape index (κ3) is 2.48. The van der Waals surface area contributed by atoms with Crippen molar-refractivity contribution in [3.05, 3.63) is 70.2 Å². The van der Waals surface area contributed by atoms with Gasteiger partial charge in [0.15, 0.2) is 5.13 Å². The Balaban J connectivity index is 1.61. The number of aryl methyl sites for hydroxylation is 3. The maximum absolute atomic E-state index is 13.4. The van der Waals surface area contributed by atoms with E-state index in [0.717, 1.165) is 45.8 Å². The van der Waals surface area contributed by atoms with Crippen molar-refractivity contribution in [2.24, 2.45) is 0 Å². The van der Waals surface area contributed by atoms with E-state index in [4.69, 9.17) is 0 Å². The van der Waals surface area contributed by atoms with E-state index in [2.05, 4.69) is 22.4 Å². The van der Waals surface area contributed by atoms with Crippen molar-refractivity contribution in [3.63, 3.8) is 0 Å². The normalized spacial score (nSPS) is 17.3. The number of para-hydroxylation sites is 2. The zero-order chi connectivity index (χ0) is 18.5. The van der Waals surface area contributed by atoms with Gasteiger partial charge in [0.1, 0.15) is 5.92 Å². The van der Waals surface area contributed by atoms with Gasteiger partial charge in [-0.1, -0.05) is 36.4 Å². The number of thiazole rings is 1. The summed E-state index contributed by atoms with van der Waals surface area (Å²) in [6, 6.07) is 13.8. The van der Waals surface area contributed by atoms with Crippen molar-refractivity contribution in [3.8, 4) is 0 Å². The first-order valence-corrected chi connectivity index (χ1v) is 9.72. The van der Waals surface area contributed by atoms with Gasteiger partial charge in [0, 0.05) is 11.1 Å². The van der Waals surface area contributed by atoms with Crippen LogP contribution in [0.4, 0.5) is 16.5 Å². The Kier molecular flexibility index (Phi) is 3.62. The predicted molar refractivity (Wildman–Crippen MR) is 106 cm³/mol. The Morgan fingerprint density at radius 3 is 2.74 bits per heavy atom. The number of benzene rings is 2. The van der Waals surface area contributed by atoms with Gasteiger partial charge in [-0.3, -0.25) is 14.5 Å². The van der Waals surface area contributed by atoms with Gasteiger partial charge in [-0.25, -0.2) is 4.98 Å². The highest BCUT2D eigenvalue weighted by Crippen LogP contribution is 2.47. The maximum Gasteiger partial charge on any atom is 0.248 e. The molecule has 3 heterocycles. The highest BCUT2D eigenvalue weighted by atomic mass is 32.1. The Morgan fingerprint density at radius 1 is 1.15 bits per heavy atom. The number of carbonyl (C=O) groups is 2. The van der Waals surface area contributed by atoms with Crippen LogP contribution in [0.2, 0.25) is 0 Å². The van der Waals surface area contributed by atoms with Crippen LogP contribution >= 0.6 is 11.3 Å². The first-order chi connectivity index (χ1) is 13.1. The number of anilines is 3. The van der Waals surface area contributed by atoms with Gasteiger partial charge in [0.25, 0.3) is 0 Å². The molecule has 6 heteroatoms. The fourth-order valence-electron chi connectivity index (χ4n) is 3.98. The number of rotatable bonds is 2. The molecule has 134 valence electrons. The van der Waals surface area contributed by atoms with E-state index in [9.17, 15) is 9.59 Å². The van der Waals surface area contributed by atoms with Crippen LogP contribution in [0.5, 0.6) is 0 Å². The number of amides is 2. The van der Waals surface area contributed by atoms with Crippen LogP contribution in [0.15, 0.2) is 48.7 Å². The number of nitrogens with zero attached hydrogens (tertiary/aromatic N) is 2. The second kappa shape index (κ2) is 6.03. The summed E-state index contributed by atoms with van der Waals surface area (Å²) in [5, 5.41) is 3.34. The third-order valence-electron chi connectivity index (χ3n) is 5.16. The molecule has 0 spiro atoms. The molecule has 1 aromatic heterocycles. The number of hydrogen-bond donors (Lipinski definition) is 1. The molecule has 0 bridgehead atoms. The van der Waals surface area contributed by atoms with Gasteiger partial charge in [0.2, 0.25) is 11.8 Å². The number of carbonyl (C=O) groups excluding carboxylic acids is 2. The molecule has 1 N–H and O–H groups in total. The molecule has 2 aromatic carbocycles. The van der Waals surface area contributed by atoms with E-state index >= 15 is 0 Å². The number of nitrogens with one attached hydrogen (secondary N) is 1. The zero-order valence-electron chi connectivity index (χ0n) is 14.7. The van der Waals surface area contributed by atoms with Crippen molar-refractivity contribution in [2.75, 3.05) is 10.2 Å². The van der Waals surface area contributed by atoms with E-state index in [1.807, 2.05) is 37.3 Å². The summed E-state index contributed by atoms with van der Waals surface area (Å²) in [5.74, 6) is -1.37. The van der Waals surface area contributed by atoms with Crippen LogP contribution in [0.25, 0.3) is 0 Å². The summed E-state index contributed by atoms with van der Waals surface area (Å²) in [6.45, 7) is 1.93. The monoisotopic (exact) mass is 375 g/mol. The maximum atomic E-state index is 13.4. The lowest BCUT2D eigenvalue weighted by Gasteiger charge is -2.20. The standard InChI is InChI=1S/C21H17N3O2S/c1-12-11-22-21(27-12)23-19(25)17-15-7-4-6-14-10-9-13-5-2-3-8-16(13)24(18(14)15)20(17)26/h2-8,11,17H,9-10H2,1H3,(H,22,23,25). The molecule has 0 fully saturated rings. The fourth-order valence-corrected chi connectivity index (χ4v) is 4.65. The van der Waals surface area contributed by atoms with Gasteiger partial charge in [-0.15, -0.1) is 11.3 Å². The van der Waals surface area contributed by atoms with Crippen molar-refractivity contribution in [2.45, 2.75) is 25.7 Å². The first kappa shape index (κ1) is 16.2. The second-order valence-electron chi connectivity index (χ2n) is 6.86. The molecule has 0 radical (unpaired) electrons. The van der Waals surface area contributed by atoms with E-state index in [1.165, 1.54) is 11.3 Å². The SMILES string of the molecule is Cc1cnc(NC(=O)C2C(=O)N3c4ccccc4CCc4cccc2c43)s1. The quantitative estimate of drug-likeness (QED) is 0.690. The second-order valence-corrected chi connectivity index (χ2v) is 8.09. The topological polar surface area (TPSA) is 62.3 Å². The van der Waals surface area contributed by atoms with Gasteiger partial charge in [-0.2, -0.15) is 0 Å². The van der Waals surface area contributed by atoms with E-state index in [-0.39, 0.29) is 11.8 Å².